The normalized spacial score (nSPS) is 0. The first-order valence-corrected chi connectivity index (χ1v) is 0. The van der Waals surface area contributed by atoms with Gasteiger partial charge in [0.05, 0.1) is 0 Å². The first kappa shape index (κ1) is 37.7. The van der Waals surface area contributed by atoms with Crippen LogP contribution < -0.4 is 0 Å². The fraction of sp³-hybridized carbons (Fsp3) is 0. The summed E-state index contributed by atoms with van der Waals surface area (Å²) in [6.07, 6.45) is 0. The van der Waals surface area contributed by atoms with Gasteiger partial charge in [0.15, 0.2) is 0 Å². The van der Waals surface area contributed by atoms with E-state index in [-0.39, 0.29) is 113 Å². The Hall–Kier alpha value is 3.70. The molecule has 0 heterocycles. The molecule has 0 nitrogen and oxygen atoms in total. The topological polar surface area (TPSA) is 0 Å². The zero-order valence-corrected chi connectivity index (χ0v) is 17.5. The van der Waals surface area contributed by atoms with E-state index in [4.69, 9.17) is 0 Å². The van der Waals surface area contributed by atoms with Crippen molar-refractivity contribution in [3.63, 3.8) is 0 Å². The summed E-state index contributed by atoms with van der Waals surface area (Å²) >= 11 is 0. The number of hydrogen-bond acceptors (Lipinski definition) is 0. The molecule has 0 aromatic rings. The molecule has 0 aliphatic heterocycles. The van der Waals surface area contributed by atoms with E-state index < -0.39 is 0 Å². The van der Waals surface area contributed by atoms with Gasteiger partial charge in [0.1, 0.15) is 0 Å². The molecule has 0 aromatic carbocycles. The molecule has 0 rings (SSSR count). The summed E-state index contributed by atoms with van der Waals surface area (Å²) in [6.45, 7) is 0. The number of rotatable bonds is 0. The molecule has 0 amide bonds. The third-order valence-electron chi connectivity index (χ3n) is 0. The van der Waals surface area contributed by atoms with E-state index in [0.29, 0.717) is 0 Å². The van der Waals surface area contributed by atoms with Crippen molar-refractivity contribution in [1.82, 2.24) is 0 Å². The summed E-state index contributed by atoms with van der Waals surface area (Å²) in [4.78, 5) is 0. The van der Waals surface area contributed by atoms with Gasteiger partial charge in [-0.25, -0.2) is 0 Å². The van der Waals surface area contributed by atoms with Crippen molar-refractivity contribution in [1.29, 1.82) is 0 Å². The van der Waals surface area contributed by atoms with E-state index in [0.717, 1.165) is 0 Å². The van der Waals surface area contributed by atoms with Crippen molar-refractivity contribution < 1.29 is 77.5 Å². The third kappa shape index (κ3) is 18.3. The van der Waals surface area contributed by atoms with Gasteiger partial charge < -0.3 is 0 Å². The van der Waals surface area contributed by atoms with E-state index in [1.165, 1.54) is 0 Å². The van der Waals surface area contributed by atoms with E-state index in [1.807, 2.05) is 0 Å². The van der Waals surface area contributed by atoms with E-state index >= 15 is 0 Å². The van der Waals surface area contributed by atoms with Crippen LogP contribution in [0.4, 0.5) is 0 Å². The maximum Gasteiger partial charge on any atom is 0 e. The molecule has 0 spiro atoms. The Morgan fingerprint density at radius 1 is 0.400 bits per heavy atom. The second kappa shape index (κ2) is 25.3. The van der Waals surface area contributed by atoms with Crippen molar-refractivity contribution >= 4 is 35.2 Å². The van der Waals surface area contributed by atoms with Crippen molar-refractivity contribution in [2.45, 2.75) is 0 Å². The average molecular weight is 681 g/mol. The standard InChI is InChI=1S/2Ge.3Hf. The molecule has 5 heavy (non-hydrogen) atoms. The zero-order valence-electron chi connectivity index (χ0n) is 2.50. The van der Waals surface area contributed by atoms with Crippen LogP contribution in [-0.2, 0) is 77.5 Å². The Morgan fingerprint density at radius 2 is 0.400 bits per heavy atom. The van der Waals surface area contributed by atoms with Gasteiger partial charge in [-0.3, -0.25) is 0 Å². The van der Waals surface area contributed by atoms with Gasteiger partial charge in [0, 0.05) is 113 Å². The Morgan fingerprint density at radius 3 is 0.400 bits per heavy atom. The van der Waals surface area contributed by atoms with Gasteiger partial charge in [-0.05, 0) is 0 Å². The molecule has 0 aromatic heterocycles. The fourth-order valence-electron chi connectivity index (χ4n) is 0. The molecule has 0 fully saturated rings. The molecular weight excluding hydrogens is 681 g/mol. The van der Waals surface area contributed by atoms with Crippen molar-refractivity contribution in [3.05, 3.63) is 0 Å². The van der Waals surface area contributed by atoms with Crippen LogP contribution in [0, 0.1) is 0 Å². The Bertz CT molecular complexity index is 4.85. The Labute approximate surface area is 110 Å². The molecular formula is Ge2Hf3. The van der Waals surface area contributed by atoms with Gasteiger partial charge in [-0.15, -0.1) is 0 Å². The van der Waals surface area contributed by atoms with E-state index in [9.17, 15) is 0 Å². The molecule has 8 radical (unpaired) electrons. The molecule has 0 aliphatic carbocycles. The van der Waals surface area contributed by atoms with Crippen LogP contribution in [0.5, 0.6) is 0 Å². The summed E-state index contributed by atoms with van der Waals surface area (Å²) in [5, 5.41) is 0. The summed E-state index contributed by atoms with van der Waals surface area (Å²) in [5.41, 5.74) is 0. The second-order valence-electron chi connectivity index (χ2n) is 0. The quantitative estimate of drug-likeness (QED) is 0.296. The second-order valence-corrected chi connectivity index (χ2v) is 0. The molecule has 0 unspecified atom stereocenters. The molecule has 0 aliphatic rings. The van der Waals surface area contributed by atoms with Crippen molar-refractivity contribution in [2.24, 2.45) is 0 Å². The predicted octanol–water partition coefficient (Wildman–Crippen LogP) is -0.769. The van der Waals surface area contributed by atoms with E-state index in [1.54, 1.807) is 0 Å². The summed E-state index contributed by atoms with van der Waals surface area (Å²) < 4.78 is 0. The fourth-order valence-corrected chi connectivity index (χ4v) is 0. The Balaban J connectivity index is 0. The van der Waals surface area contributed by atoms with Gasteiger partial charge in [0.25, 0.3) is 0 Å². The Kier molecular flexibility index (Phi) is 190. The number of hydrogen-bond donors (Lipinski definition) is 0. The van der Waals surface area contributed by atoms with Gasteiger partial charge in [-0.1, -0.05) is 0 Å². The summed E-state index contributed by atoms with van der Waals surface area (Å²) in [6, 6.07) is 0. The van der Waals surface area contributed by atoms with Crippen LogP contribution in [0.25, 0.3) is 0 Å². The maximum absolute atomic E-state index is 0. The molecule has 5 heteroatoms. The summed E-state index contributed by atoms with van der Waals surface area (Å²) in [7, 11) is 0. The zero-order chi connectivity index (χ0) is 0. The van der Waals surface area contributed by atoms with Gasteiger partial charge in [-0.2, -0.15) is 0 Å². The summed E-state index contributed by atoms with van der Waals surface area (Å²) in [5.74, 6) is 0. The van der Waals surface area contributed by atoms with Gasteiger partial charge >= 0.3 is 0 Å². The van der Waals surface area contributed by atoms with Crippen molar-refractivity contribution in [3.8, 4) is 0 Å². The molecule has 0 N–H and O–H groups in total. The SMILES string of the molecule is [Ge].[Ge].[Hf].[Hf].[Hf]. The van der Waals surface area contributed by atoms with Gasteiger partial charge in [0.2, 0.25) is 0 Å². The maximum atomic E-state index is 0. The minimum Gasteiger partial charge on any atom is 0 e. The first-order valence-electron chi connectivity index (χ1n) is 0. The third-order valence-corrected chi connectivity index (χ3v) is 0. The molecule has 0 saturated heterocycles. The molecule has 20 valence electrons. The van der Waals surface area contributed by atoms with Crippen LogP contribution in [0.15, 0.2) is 0 Å². The average Bonchev–Trinajstić information content (AvgIpc) is 0. The van der Waals surface area contributed by atoms with Crippen molar-refractivity contribution in [2.75, 3.05) is 0 Å². The first-order chi connectivity index (χ1) is 0. The van der Waals surface area contributed by atoms with Crippen LogP contribution in [0.2, 0.25) is 0 Å². The predicted molar refractivity (Wildman–Crippen MR) is 11.5 cm³/mol. The largest absolute Gasteiger partial charge is 0 e. The van der Waals surface area contributed by atoms with Crippen LogP contribution >= 0.6 is 0 Å². The van der Waals surface area contributed by atoms with E-state index in [2.05, 4.69) is 0 Å². The van der Waals surface area contributed by atoms with Crippen LogP contribution in [0.3, 0.4) is 0 Å². The smallest absolute Gasteiger partial charge is 0 e. The van der Waals surface area contributed by atoms with Crippen LogP contribution in [-0.4, -0.2) is 35.2 Å². The molecule has 0 bridgehead atoms. The monoisotopic (exact) mass is 688 g/mol. The molecule has 0 atom stereocenters. The molecule has 0 saturated carbocycles. The van der Waals surface area contributed by atoms with Crippen LogP contribution in [0.1, 0.15) is 0 Å². The minimum atomic E-state index is 0. The minimum absolute atomic E-state index is 0.